The van der Waals surface area contributed by atoms with E-state index in [1.54, 1.807) is 0 Å². The molecule has 0 N–H and O–H groups in total. The Labute approximate surface area is 189 Å². The van der Waals surface area contributed by atoms with E-state index in [0.29, 0.717) is 18.0 Å². The van der Waals surface area contributed by atoms with E-state index in [4.69, 9.17) is 9.47 Å². The normalized spacial score (nSPS) is 16.0. The molecule has 0 aromatic heterocycles. The highest BCUT2D eigenvalue weighted by Gasteiger charge is 2.30. The lowest BCUT2D eigenvalue weighted by atomic mass is 9.84. The van der Waals surface area contributed by atoms with Crippen LogP contribution in [0.4, 0.5) is 0 Å². The molecule has 1 saturated carbocycles. The Hall–Kier alpha value is -3.40. The third-order valence-electron chi connectivity index (χ3n) is 6.19. The van der Waals surface area contributed by atoms with Crippen LogP contribution in [0.15, 0.2) is 84.9 Å². The molecule has 1 fully saturated rings. The number of benzene rings is 3. The Morgan fingerprint density at radius 1 is 0.750 bits per heavy atom. The van der Waals surface area contributed by atoms with Gasteiger partial charge in [0.15, 0.2) is 12.2 Å². The van der Waals surface area contributed by atoms with Gasteiger partial charge < -0.3 is 9.47 Å². The van der Waals surface area contributed by atoms with Crippen LogP contribution < -0.4 is 0 Å². The van der Waals surface area contributed by atoms with E-state index in [1.165, 1.54) is 37.7 Å². The molecule has 0 bridgehead atoms. The minimum absolute atomic E-state index is 0.403. The second kappa shape index (κ2) is 10.8. The molecule has 3 aromatic carbocycles. The zero-order valence-electron chi connectivity index (χ0n) is 18.1. The number of carbonyl (C=O) groups excluding carboxylic acids is 2. The van der Waals surface area contributed by atoms with E-state index in [1.807, 2.05) is 84.9 Å². The Kier molecular flexibility index (Phi) is 7.34. The Bertz CT molecular complexity index is 993. The van der Waals surface area contributed by atoms with Gasteiger partial charge in [-0.1, -0.05) is 92.1 Å². The summed E-state index contributed by atoms with van der Waals surface area (Å²) in [6.07, 6.45) is 4.75. The van der Waals surface area contributed by atoms with E-state index in [9.17, 15) is 9.59 Å². The zero-order chi connectivity index (χ0) is 22.2. The molecule has 32 heavy (non-hydrogen) atoms. The lowest BCUT2D eigenvalue weighted by molar-refractivity contribution is -0.140. The van der Waals surface area contributed by atoms with Gasteiger partial charge in [0.25, 0.3) is 6.47 Å². The van der Waals surface area contributed by atoms with E-state index in [0.717, 1.165) is 11.1 Å². The second-order valence-electron chi connectivity index (χ2n) is 8.26. The molecule has 0 aliphatic heterocycles. The average molecular weight is 429 g/mol. The summed E-state index contributed by atoms with van der Waals surface area (Å²) in [6.45, 7) is 0.403. The van der Waals surface area contributed by atoms with Crippen LogP contribution in [0.5, 0.6) is 0 Å². The molecule has 164 valence electrons. The molecule has 2 atom stereocenters. The summed E-state index contributed by atoms with van der Waals surface area (Å²) in [7, 11) is 0. The van der Waals surface area contributed by atoms with Gasteiger partial charge in [-0.3, -0.25) is 4.79 Å². The molecule has 1 aliphatic carbocycles. The van der Waals surface area contributed by atoms with Crippen LogP contribution in [-0.2, 0) is 14.3 Å². The first-order valence-corrected chi connectivity index (χ1v) is 11.3. The molecule has 0 saturated heterocycles. The summed E-state index contributed by atoms with van der Waals surface area (Å²) < 4.78 is 11.4. The fourth-order valence-corrected chi connectivity index (χ4v) is 4.49. The molecule has 4 heteroatoms. The predicted molar refractivity (Wildman–Crippen MR) is 123 cm³/mol. The molecule has 0 heterocycles. The molecule has 1 aliphatic rings. The molecule has 0 spiro atoms. The third kappa shape index (κ3) is 5.25. The van der Waals surface area contributed by atoms with Crippen LogP contribution in [0.2, 0.25) is 0 Å². The van der Waals surface area contributed by atoms with Crippen molar-refractivity contribution in [3.05, 3.63) is 107 Å². The zero-order valence-corrected chi connectivity index (χ0v) is 18.1. The SMILES string of the molecule is O=CO[C@H](c1ccccc1)[C@H](OC(=O)c1ccc(C2CCCCC2)cc1)c1ccccc1. The molecular formula is C28H28O4. The molecule has 0 unspecified atom stereocenters. The van der Waals surface area contributed by atoms with Gasteiger partial charge in [0.05, 0.1) is 5.56 Å². The summed E-state index contributed by atoms with van der Waals surface area (Å²) in [5.74, 6) is 0.138. The molecule has 0 amide bonds. The van der Waals surface area contributed by atoms with Crippen molar-refractivity contribution < 1.29 is 19.1 Å². The summed E-state index contributed by atoms with van der Waals surface area (Å²) in [6, 6.07) is 26.5. The van der Waals surface area contributed by atoms with Gasteiger partial charge in [0, 0.05) is 0 Å². The van der Waals surface area contributed by atoms with E-state index in [-0.39, 0.29) is 0 Å². The summed E-state index contributed by atoms with van der Waals surface area (Å²) in [5, 5.41) is 0. The average Bonchev–Trinajstić information content (AvgIpc) is 2.87. The molecular weight excluding hydrogens is 400 g/mol. The van der Waals surface area contributed by atoms with Crippen molar-refractivity contribution in [3.8, 4) is 0 Å². The van der Waals surface area contributed by atoms with Crippen molar-refractivity contribution in [2.75, 3.05) is 0 Å². The summed E-state index contributed by atoms with van der Waals surface area (Å²) in [5.41, 5.74) is 3.29. The van der Waals surface area contributed by atoms with Gasteiger partial charge >= 0.3 is 5.97 Å². The van der Waals surface area contributed by atoms with Crippen LogP contribution in [0.25, 0.3) is 0 Å². The Balaban J connectivity index is 1.58. The van der Waals surface area contributed by atoms with Crippen LogP contribution >= 0.6 is 0 Å². The predicted octanol–water partition coefficient (Wildman–Crippen LogP) is 6.55. The monoisotopic (exact) mass is 428 g/mol. The van der Waals surface area contributed by atoms with E-state index >= 15 is 0 Å². The highest BCUT2D eigenvalue weighted by molar-refractivity contribution is 5.89. The van der Waals surface area contributed by atoms with Crippen LogP contribution in [0.3, 0.4) is 0 Å². The number of carbonyl (C=O) groups is 2. The van der Waals surface area contributed by atoms with Crippen molar-refractivity contribution in [2.45, 2.75) is 50.2 Å². The van der Waals surface area contributed by atoms with Crippen LogP contribution in [0.1, 0.15) is 77.3 Å². The fourth-order valence-electron chi connectivity index (χ4n) is 4.49. The molecule has 4 rings (SSSR count). The fraction of sp³-hybridized carbons (Fsp3) is 0.286. The molecule has 3 aromatic rings. The maximum absolute atomic E-state index is 13.1. The molecule has 4 nitrogen and oxygen atoms in total. The van der Waals surface area contributed by atoms with Crippen LogP contribution in [0, 0.1) is 0 Å². The number of ether oxygens (including phenoxy) is 2. The maximum atomic E-state index is 13.1. The number of hydrogen-bond donors (Lipinski definition) is 0. The minimum Gasteiger partial charge on any atom is -0.455 e. The van der Waals surface area contributed by atoms with Crippen molar-refractivity contribution >= 4 is 12.4 Å². The van der Waals surface area contributed by atoms with Gasteiger partial charge in [-0.2, -0.15) is 0 Å². The topological polar surface area (TPSA) is 52.6 Å². The van der Waals surface area contributed by atoms with E-state index < -0.39 is 18.2 Å². The minimum atomic E-state index is -0.769. The smallest absolute Gasteiger partial charge is 0.338 e. The van der Waals surface area contributed by atoms with Gasteiger partial charge in [-0.15, -0.1) is 0 Å². The quantitative estimate of drug-likeness (QED) is 0.302. The third-order valence-corrected chi connectivity index (χ3v) is 6.19. The Morgan fingerprint density at radius 2 is 1.31 bits per heavy atom. The van der Waals surface area contributed by atoms with Crippen molar-refractivity contribution in [3.63, 3.8) is 0 Å². The van der Waals surface area contributed by atoms with E-state index in [2.05, 4.69) is 0 Å². The highest BCUT2D eigenvalue weighted by Crippen LogP contribution is 2.36. The first-order chi connectivity index (χ1) is 15.8. The number of rotatable bonds is 8. The number of esters is 1. The van der Waals surface area contributed by atoms with Crippen molar-refractivity contribution in [2.24, 2.45) is 0 Å². The molecule has 0 radical (unpaired) electrons. The van der Waals surface area contributed by atoms with Crippen molar-refractivity contribution in [1.29, 1.82) is 0 Å². The first kappa shape index (κ1) is 21.8. The van der Waals surface area contributed by atoms with Gasteiger partial charge in [-0.05, 0) is 47.6 Å². The summed E-state index contributed by atoms with van der Waals surface area (Å²) in [4.78, 5) is 24.4. The Morgan fingerprint density at radius 3 is 1.88 bits per heavy atom. The van der Waals surface area contributed by atoms with Crippen LogP contribution in [-0.4, -0.2) is 12.4 Å². The van der Waals surface area contributed by atoms with Gasteiger partial charge in [0.1, 0.15) is 0 Å². The largest absolute Gasteiger partial charge is 0.455 e. The standard InChI is InChI=1S/C28H28O4/c29-20-31-26(23-12-6-2-7-13-23)27(24-14-8-3-9-15-24)32-28(30)25-18-16-22(17-19-25)21-10-4-1-5-11-21/h2-3,6-9,12-21,26-27H,1,4-5,10-11H2/t26-,27-/m1/s1. The lowest BCUT2D eigenvalue weighted by Gasteiger charge is -2.26. The van der Waals surface area contributed by atoms with Crippen molar-refractivity contribution in [1.82, 2.24) is 0 Å². The van der Waals surface area contributed by atoms with Gasteiger partial charge in [-0.25, -0.2) is 4.79 Å². The second-order valence-corrected chi connectivity index (χ2v) is 8.26. The number of hydrogen-bond acceptors (Lipinski definition) is 4. The highest BCUT2D eigenvalue weighted by atomic mass is 16.6. The maximum Gasteiger partial charge on any atom is 0.338 e. The summed E-state index contributed by atoms with van der Waals surface area (Å²) >= 11 is 0. The first-order valence-electron chi connectivity index (χ1n) is 11.3. The van der Waals surface area contributed by atoms with Gasteiger partial charge in [0.2, 0.25) is 0 Å². The lowest BCUT2D eigenvalue weighted by Crippen LogP contribution is -2.21.